The molecule has 4 heteroatoms. The summed E-state index contributed by atoms with van der Waals surface area (Å²) in [6.07, 6.45) is 0.704. The molecule has 0 aliphatic heterocycles. The molecule has 0 aliphatic rings. The summed E-state index contributed by atoms with van der Waals surface area (Å²) < 4.78 is 0. The summed E-state index contributed by atoms with van der Waals surface area (Å²) in [5.74, 6) is -1.68. The fraction of sp³-hybridized carbons (Fsp3) is 0.333. The van der Waals surface area contributed by atoms with Crippen LogP contribution in [0.2, 0.25) is 0 Å². The van der Waals surface area contributed by atoms with Gasteiger partial charge in [0.05, 0.1) is 5.54 Å². The van der Waals surface area contributed by atoms with Gasteiger partial charge in [0.15, 0.2) is 0 Å². The van der Waals surface area contributed by atoms with Gasteiger partial charge < -0.3 is 11.5 Å². The van der Waals surface area contributed by atoms with Gasteiger partial charge in [-0.2, -0.15) is 0 Å². The molecule has 0 aliphatic carbocycles. The van der Waals surface area contributed by atoms with E-state index in [-0.39, 0.29) is 0 Å². The summed E-state index contributed by atoms with van der Waals surface area (Å²) in [5.41, 5.74) is 10.6. The van der Waals surface area contributed by atoms with Gasteiger partial charge >= 0.3 is 0 Å². The van der Waals surface area contributed by atoms with Crippen molar-refractivity contribution in [2.24, 2.45) is 11.5 Å². The lowest BCUT2D eigenvalue weighted by atomic mass is 9.85. The molecular formula is C12H16N2O2. The van der Waals surface area contributed by atoms with Crippen LogP contribution in [0, 0.1) is 0 Å². The molecule has 1 rings (SSSR count). The fourth-order valence-corrected chi connectivity index (χ4v) is 1.57. The third kappa shape index (κ3) is 2.67. The van der Waals surface area contributed by atoms with Crippen LogP contribution in [0.25, 0.3) is 0 Å². The van der Waals surface area contributed by atoms with Crippen LogP contribution < -0.4 is 11.5 Å². The molecule has 16 heavy (non-hydrogen) atoms. The average molecular weight is 220 g/mol. The summed E-state index contributed by atoms with van der Waals surface area (Å²) >= 11 is 0. The summed E-state index contributed by atoms with van der Waals surface area (Å²) in [5, 5.41) is 0. The Kier molecular flexibility index (Phi) is 3.79. The zero-order chi connectivity index (χ0) is 12.2. The third-order valence-electron chi connectivity index (χ3n) is 2.67. The van der Waals surface area contributed by atoms with Crippen molar-refractivity contribution in [3.8, 4) is 0 Å². The van der Waals surface area contributed by atoms with Gasteiger partial charge in [0.25, 0.3) is 5.91 Å². The van der Waals surface area contributed by atoms with E-state index in [1.807, 2.05) is 30.3 Å². The van der Waals surface area contributed by atoms with Crippen molar-refractivity contribution in [2.45, 2.75) is 25.3 Å². The van der Waals surface area contributed by atoms with Gasteiger partial charge in [-0.3, -0.25) is 9.59 Å². The smallest absolute Gasteiger partial charge is 0.286 e. The van der Waals surface area contributed by atoms with Gasteiger partial charge in [-0.05, 0) is 18.4 Å². The van der Waals surface area contributed by atoms with E-state index in [2.05, 4.69) is 0 Å². The molecule has 0 aromatic heterocycles. The van der Waals surface area contributed by atoms with E-state index < -0.39 is 17.2 Å². The summed E-state index contributed by atoms with van der Waals surface area (Å²) in [4.78, 5) is 22.5. The lowest BCUT2D eigenvalue weighted by molar-refractivity contribution is -0.139. The number of primary amides is 1. The zero-order valence-electron chi connectivity index (χ0n) is 9.27. The normalized spacial score (nSPS) is 14.1. The second kappa shape index (κ2) is 4.90. The van der Waals surface area contributed by atoms with E-state index in [9.17, 15) is 9.59 Å². The van der Waals surface area contributed by atoms with Crippen LogP contribution in [-0.2, 0) is 16.0 Å². The van der Waals surface area contributed by atoms with Crippen LogP contribution in [0.1, 0.15) is 18.9 Å². The highest BCUT2D eigenvalue weighted by Crippen LogP contribution is 2.15. The van der Waals surface area contributed by atoms with Crippen LogP contribution >= 0.6 is 0 Å². The number of rotatable bonds is 5. The number of amides is 1. The van der Waals surface area contributed by atoms with E-state index >= 15 is 0 Å². The number of Topliss-reactive ketones (excluding diaryl/α,β-unsaturated/α-hetero) is 1. The van der Waals surface area contributed by atoms with Crippen molar-refractivity contribution in [1.29, 1.82) is 0 Å². The van der Waals surface area contributed by atoms with Gasteiger partial charge in [0, 0.05) is 0 Å². The molecule has 0 fully saturated rings. The zero-order valence-corrected chi connectivity index (χ0v) is 9.27. The largest absolute Gasteiger partial charge is 0.363 e. The number of carbonyl (C=O) groups excluding carboxylic acids is 2. The number of benzene rings is 1. The van der Waals surface area contributed by atoms with Crippen molar-refractivity contribution in [2.75, 3.05) is 0 Å². The van der Waals surface area contributed by atoms with Crippen molar-refractivity contribution in [1.82, 2.24) is 0 Å². The maximum Gasteiger partial charge on any atom is 0.286 e. The molecule has 1 aromatic rings. The van der Waals surface area contributed by atoms with E-state index in [1.54, 1.807) is 6.92 Å². The molecule has 86 valence electrons. The number of nitrogens with two attached hydrogens (primary N) is 2. The first-order chi connectivity index (χ1) is 7.49. The summed E-state index contributed by atoms with van der Waals surface area (Å²) in [7, 11) is 0. The first-order valence-corrected chi connectivity index (χ1v) is 5.16. The SMILES string of the molecule is CCC(N)(Cc1ccccc1)C(=O)C(N)=O. The first-order valence-electron chi connectivity index (χ1n) is 5.16. The molecule has 1 unspecified atom stereocenters. The molecule has 4 nitrogen and oxygen atoms in total. The van der Waals surface area contributed by atoms with E-state index in [4.69, 9.17) is 11.5 Å². The van der Waals surface area contributed by atoms with Gasteiger partial charge in [-0.1, -0.05) is 37.3 Å². The highest BCUT2D eigenvalue weighted by molar-refractivity contribution is 6.39. The molecule has 1 amide bonds. The van der Waals surface area contributed by atoms with E-state index in [1.165, 1.54) is 0 Å². The number of hydrogen-bond acceptors (Lipinski definition) is 3. The molecule has 1 aromatic carbocycles. The molecule has 4 N–H and O–H groups in total. The topological polar surface area (TPSA) is 86.2 Å². The molecular weight excluding hydrogens is 204 g/mol. The van der Waals surface area contributed by atoms with Crippen molar-refractivity contribution < 1.29 is 9.59 Å². The maximum atomic E-state index is 11.6. The summed E-state index contributed by atoms with van der Waals surface area (Å²) in [6.45, 7) is 1.77. The Hall–Kier alpha value is -1.68. The standard InChI is InChI=1S/C12H16N2O2/c1-2-12(14,10(15)11(13)16)8-9-6-4-3-5-7-9/h3-7H,2,8,14H2,1H3,(H2,13,16). The predicted molar refractivity (Wildman–Crippen MR) is 61.6 cm³/mol. The van der Waals surface area contributed by atoms with Crippen molar-refractivity contribution in [3.63, 3.8) is 0 Å². The van der Waals surface area contributed by atoms with Crippen molar-refractivity contribution >= 4 is 11.7 Å². The number of carbonyl (C=O) groups is 2. The average Bonchev–Trinajstić information content (AvgIpc) is 2.29. The minimum absolute atomic E-state index is 0.326. The van der Waals surface area contributed by atoms with Crippen LogP contribution in [0.5, 0.6) is 0 Å². The highest BCUT2D eigenvalue weighted by Gasteiger charge is 2.35. The lowest BCUT2D eigenvalue weighted by Gasteiger charge is -2.24. The molecule has 0 saturated heterocycles. The summed E-state index contributed by atoms with van der Waals surface area (Å²) in [6, 6.07) is 9.33. The minimum atomic E-state index is -1.19. The third-order valence-corrected chi connectivity index (χ3v) is 2.67. The monoisotopic (exact) mass is 220 g/mol. The molecule has 0 saturated carbocycles. The van der Waals surface area contributed by atoms with E-state index in [0.717, 1.165) is 5.56 Å². The van der Waals surface area contributed by atoms with E-state index in [0.29, 0.717) is 12.8 Å². The Labute approximate surface area is 94.6 Å². The second-order valence-corrected chi connectivity index (χ2v) is 3.87. The molecule has 0 radical (unpaired) electrons. The second-order valence-electron chi connectivity index (χ2n) is 3.87. The molecule has 0 heterocycles. The van der Waals surface area contributed by atoms with Gasteiger partial charge in [-0.15, -0.1) is 0 Å². The fourth-order valence-electron chi connectivity index (χ4n) is 1.57. The van der Waals surface area contributed by atoms with Gasteiger partial charge in [-0.25, -0.2) is 0 Å². The first kappa shape index (κ1) is 12.4. The van der Waals surface area contributed by atoms with Crippen LogP contribution in [0.4, 0.5) is 0 Å². The Bertz CT molecular complexity index is 389. The Balaban J connectivity index is 2.90. The Morgan fingerprint density at radius 2 is 1.81 bits per heavy atom. The quantitative estimate of drug-likeness (QED) is 0.704. The van der Waals surface area contributed by atoms with Crippen LogP contribution in [-0.4, -0.2) is 17.2 Å². The van der Waals surface area contributed by atoms with Crippen LogP contribution in [0.15, 0.2) is 30.3 Å². The molecule has 1 atom stereocenters. The van der Waals surface area contributed by atoms with Crippen molar-refractivity contribution in [3.05, 3.63) is 35.9 Å². The molecule has 0 bridgehead atoms. The maximum absolute atomic E-state index is 11.6. The Morgan fingerprint density at radius 3 is 2.25 bits per heavy atom. The molecule has 0 spiro atoms. The number of ketones is 1. The highest BCUT2D eigenvalue weighted by atomic mass is 16.2. The van der Waals surface area contributed by atoms with Gasteiger partial charge in [0.1, 0.15) is 0 Å². The Morgan fingerprint density at radius 1 is 1.25 bits per heavy atom. The van der Waals surface area contributed by atoms with Gasteiger partial charge in [0.2, 0.25) is 5.78 Å². The minimum Gasteiger partial charge on any atom is -0.363 e. The lowest BCUT2D eigenvalue weighted by Crippen LogP contribution is -2.54. The predicted octanol–water partition coefficient (Wildman–Crippen LogP) is 0.391. The van der Waals surface area contributed by atoms with Crippen LogP contribution in [0.3, 0.4) is 0 Å². The number of hydrogen-bond donors (Lipinski definition) is 2.